The van der Waals surface area contributed by atoms with E-state index in [2.05, 4.69) is 0 Å². The van der Waals surface area contributed by atoms with Gasteiger partial charge in [0.05, 0.1) is 6.54 Å². The van der Waals surface area contributed by atoms with E-state index < -0.39 is 11.5 Å². The summed E-state index contributed by atoms with van der Waals surface area (Å²) < 4.78 is 14.6. The molecule has 0 radical (unpaired) electrons. The van der Waals surface area contributed by atoms with Gasteiger partial charge in [0.1, 0.15) is 11.4 Å². The molecule has 110 valence electrons. The van der Waals surface area contributed by atoms with Gasteiger partial charge in [-0.05, 0) is 35.7 Å². The molecule has 0 amide bonds. The Morgan fingerprint density at radius 3 is 2.57 bits per heavy atom. The van der Waals surface area contributed by atoms with Crippen LogP contribution in [0.1, 0.15) is 41.4 Å². The lowest BCUT2D eigenvalue weighted by atomic mass is 10.1. The summed E-state index contributed by atoms with van der Waals surface area (Å²) in [5, 5.41) is 9.06. The maximum Gasteiger partial charge on any atom is 0.341 e. The van der Waals surface area contributed by atoms with Gasteiger partial charge in [0.25, 0.3) is 5.56 Å². The van der Waals surface area contributed by atoms with Crippen molar-refractivity contribution in [2.24, 2.45) is 0 Å². The number of carboxylic acids is 1. The fourth-order valence-electron chi connectivity index (χ4n) is 2.24. The fraction of sp³-hybridized carbons (Fsp3) is 0.250. The Morgan fingerprint density at radius 1 is 1.29 bits per heavy atom. The number of carbonyl (C=O) groups is 1. The fourth-order valence-corrected chi connectivity index (χ4v) is 2.24. The Kier molecular flexibility index (Phi) is 4.21. The molecule has 0 unspecified atom stereocenters. The Labute approximate surface area is 121 Å². The first-order chi connectivity index (χ1) is 9.90. The molecule has 0 saturated heterocycles. The van der Waals surface area contributed by atoms with E-state index in [0.717, 1.165) is 0 Å². The van der Waals surface area contributed by atoms with Gasteiger partial charge in [-0.25, -0.2) is 9.18 Å². The van der Waals surface area contributed by atoms with E-state index in [1.165, 1.54) is 22.8 Å². The Morgan fingerprint density at radius 2 is 2.00 bits per heavy atom. The van der Waals surface area contributed by atoms with Gasteiger partial charge in [-0.2, -0.15) is 0 Å². The van der Waals surface area contributed by atoms with E-state index in [-0.39, 0.29) is 23.8 Å². The van der Waals surface area contributed by atoms with Crippen LogP contribution in [0.15, 0.2) is 41.2 Å². The number of carboxylic acid groups (broad SMARTS) is 1. The molecular weight excluding hydrogens is 273 g/mol. The Bertz CT molecular complexity index is 735. The number of aromatic nitrogens is 1. The second-order valence-corrected chi connectivity index (χ2v) is 5.15. The van der Waals surface area contributed by atoms with E-state index in [1.54, 1.807) is 18.2 Å². The van der Waals surface area contributed by atoms with Gasteiger partial charge in [-0.1, -0.05) is 26.0 Å². The molecule has 1 heterocycles. The van der Waals surface area contributed by atoms with Gasteiger partial charge < -0.3 is 9.67 Å². The molecule has 1 aromatic carbocycles. The molecule has 0 atom stereocenters. The zero-order valence-corrected chi connectivity index (χ0v) is 11.8. The van der Waals surface area contributed by atoms with Crippen molar-refractivity contribution in [1.29, 1.82) is 0 Å². The van der Waals surface area contributed by atoms with Crippen LogP contribution in [0, 0.1) is 5.82 Å². The van der Waals surface area contributed by atoms with Crippen molar-refractivity contribution in [2.75, 3.05) is 0 Å². The molecule has 0 aliphatic heterocycles. The van der Waals surface area contributed by atoms with Crippen LogP contribution >= 0.6 is 0 Å². The average molecular weight is 289 g/mol. The summed E-state index contributed by atoms with van der Waals surface area (Å²) in [5.74, 6) is -1.60. The van der Waals surface area contributed by atoms with E-state index >= 15 is 0 Å². The van der Waals surface area contributed by atoms with Gasteiger partial charge in [0, 0.05) is 5.69 Å². The molecular formula is C16H16FNO3. The smallest absolute Gasteiger partial charge is 0.341 e. The number of aromatic carboxylic acids is 1. The molecule has 21 heavy (non-hydrogen) atoms. The van der Waals surface area contributed by atoms with Crippen LogP contribution in [0.25, 0.3) is 0 Å². The molecule has 0 fully saturated rings. The molecule has 0 bridgehead atoms. The normalized spacial score (nSPS) is 10.9. The van der Waals surface area contributed by atoms with Gasteiger partial charge in [-0.3, -0.25) is 4.79 Å². The molecule has 5 heteroatoms. The van der Waals surface area contributed by atoms with Gasteiger partial charge in [-0.15, -0.1) is 0 Å². The van der Waals surface area contributed by atoms with Crippen molar-refractivity contribution in [2.45, 2.75) is 26.3 Å². The molecule has 1 N–H and O–H groups in total. The second-order valence-electron chi connectivity index (χ2n) is 5.15. The van der Waals surface area contributed by atoms with E-state index in [9.17, 15) is 14.0 Å². The summed E-state index contributed by atoms with van der Waals surface area (Å²) in [6.45, 7) is 3.97. The molecule has 2 aromatic rings. The number of nitrogens with zero attached hydrogens (tertiary/aromatic N) is 1. The van der Waals surface area contributed by atoms with Crippen LogP contribution in [0.2, 0.25) is 0 Å². The number of pyridine rings is 1. The number of hydrogen-bond acceptors (Lipinski definition) is 2. The maximum absolute atomic E-state index is 13.3. The number of halogens is 1. The summed E-state index contributed by atoms with van der Waals surface area (Å²) >= 11 is 0. The quantitative estimate of drug-likeness (QED) is 0.941. The van der Waals surface area contributed by atoms with Crippen LogP contribution in [0.5, 0.6) is 0 Å². The molecule has 0 saturated carbocycles. The van der Waals surface area contributed by atoms with Crippen molar-refractivity contribution in [1.82, 2.24) is 4.57 Å². The SMILES string of the molecule is CC(C)c1ccc(C(=O)O)c(=O)n1Cc1cccc(F)c1. The van der Waals surface area contributed by atoms with Crippen molar-refractivity contribution < 1.29 is 14.3 Å². The lowest BCUT2D eigenvalue weighted by molar-refractivity contribution is 0.0694. The maximum atomic E-state index is 13.3. The molecule has 1 aromatic heterocycles. The molecule has 2 rings (SSSR count). The monoisotopic (exact) mass is 289 g/mol. The molecule has 0 spiro atoms. The highest BCUT2D eigenvalue weighted by Crippen LogP contribution is 2.15. The van der Waals surface area contributed by atoms with Crippen molar-refractivity contribution in [3.8, 4) is 0 Å². The van der Waals surface area contributed by atoms with E-state index in [1.807, 2.05) is 13.8 Å². The Balaban J connectivity index is 2.56. The first kappa shape index (κ1) is 15.0. The third-order valence-corrected chi connectivity index (χ3v) is 3.26. The minimum absolute atomic E-state index is 0.0501. The lowest BCUT2D eigenvalue weighted by Crippen LogP contribution is -2.29. The zero-order valence-electron chi connectivity index (χ0n) is 11.8. The highest BCUT2D eigenvalue weighted by molar-refractivity contribution is 5.87. The molecule has 4 nitrogen and oxygen atoms in total. The minimum atomic E-state index is -1.26. The molecule has 0 aliphatic carbocycles. The minimum Gasteiger partial charge on any atom is -0.477 e. The summed E-state index contributed by atoms with van der Waals surface area (Å²) in [7, 11) is 0. The Hall–Kier alpha value is -2.43. The third kappa shape index (κ3) is 3.18. The zero-order chi connectivity index (χ0) is 15.6. The van der Waals surface area contributed by atoms with Gasteiger partial charge >= 0.3 is 5.97 Å². The average Bonchev–Trinajstić information content (AvgIpc) is 2.40. The van der Waals surface area contributed by atoms with Crippen LogP contribution in [-0.2, 0) is 6.54 Å². The van der Waals surface area contributed by atoms with E-state index in [0.29, 0.717) is 11.3 Å². The number of benzene rings is 1. The van der Waals surface area contributed by atoms with Crippen LogP contribution in [-0.4, -0.2) is 15.6 Å². The first-order valence-corrected chi connectivity index (χ1v) is 6.61. The predicted octanol–water partition coefficient (Wildman–Crippen LogP) is 2.86. The summed E-state index contributed by atoms with van der Waals surface area (Å²) in [4.78, 5) is 23.4. The van der Waals surface area contributed by atoms with E-state index in [4.69, 9.17) is 5.11 Å². The van der Waals surface area contributed by atoms with Crippen molar-refractivity contribution in [3.05, 3.63) is 69.4 Å². The van der Waals surface area contributed by atoms with Crippen molar-refractivity contribution >= 4 is 5.97 Å². The summed E-state index contributed by atoms with van der Waals surface area (Å²) in [5.41, 5.74) is 0.476. The highest BCUT2D eigenvalue weighted by Gasteiger charge is 2.16. The standard InChI is InChI=1S/C16H16FNO3/c1-10(2)14-7-6-13(16(20)21)15(19)18(14)9-11-4-3-5-12(17)8-11/h3-8,10H,9H2,1-2H3,(H,20,21). The second kappa shape index (κ2) is 5.91. The highest BCUT2D eigenvalue weighted by atomic mass is 19.1. The van der Waals surface area contributed by atoms with Gasteiger partial charge in [0.15, 0.2) is 0 Å². The topological polar surface area (TPSA) is 59.3 Å². The van der Waals surface area contributed by atoms with Crippen LogP contribution < -0.4 is 5.56 Å². The summed E-state index contributed by atoms with van der Waals surface area (Å²) in [6, 6.07) is 8.88. The lowest BCUT2D eigenvalue weighted by Gasteiger charge is -2.16. The summed E-state index contributed by atoms with van der Waals surface area (Å²) in [6.07, 6.45) is 0. The van der Waals surface area contributed by atoms with Gasteiger partial charge in [0.2, 0.25) is 0 Å². The number of rotatable bonds is 4. The van der Waals surface area contributed by atoms with Crippen molar-refractivity contribution in [3.63, 3.8) is 0 Å². The third-order valence-electron chi connectivity index (χ3n) is 3.26. The van der Waals surface area contributed by atoms with Crippen LogP contribution in [0.4, 0.5) is 4.39 Å². The predicted molar refractivity (Wildman–Crippen MR) is 77.3 cm³/mol. The first-order valence-electron chi connectivity index (χ1n) is 6.61. The molecule has 0 aliphatic rings. The van der Waals surface area contributed by atoms with Crippen LogP contribution in [0.3, 0.4) is 0 Å². The number of hydrogen-bond donors (Lipinski definition) is 1. The largest absolute Gasteiger partial charge is 0.477 e.